The third kappa shape index (κ3) is 1.68. The lowest BCUT2D eigenvalue weighted by atomic mass is 9.51. The summed E-state index contributed by atoms with van der Waals surface area (Å²) in [5, 5.41) is 10.9. The van der Waals surface area contributed by atoms with Crippen molar-refractivity contribution in [3.05, 3.63) is 23.3 Å². The number of carbonyl (C=O) groups is 1. The molecule has 0 heterocycles. The molecule has 2 heteroatoms. The summed E-state index contributed by atoms with van der Waals surface area (Å²) >= 11 is 0. The molecular weight excluding hydrogens is 272 g/mol. The molecule has 1 unspecified atom stereocenters. The Bertz CT molecular complexity index is 597. The Hall–Kier alpha value is -0.890. The lowest BCUT2D eigenvalue weighted by molar-refractivity contribution is -0.115. The maximum Gasteiger partial charge on any atom is 0.155 e. The van der Waals surface area contributed by atoms with Crippen LogP contribution in [0.5, 0.6) is 0 Å². The van der Waals surface area contributed by atoms with Gasteiger partial charge in [-0.15, -0.1) is 0 Å². The highest BCUT2D eigenvalue weighted by Crippen LogP contribution is 2.65. The zero-order valence-electron chi connectivity index (χ0n) is 14.1. The van der Waals surface area contributed by atoms with Gasteiger partial charge in [0.05, 0.1) is 5.60 Å². The molecule has 0 aromatic heterocycles. The molecule has 2 saturated carbocycles. The molecule has 0 aromatic rings. The topological polar surface area (TPSA) is 37.3 Å². The molecule has 120 valence electrons. The molecule has 5 atom stereocenters. The van der Waals surface area contributed by atoms with E-state index in [0.29, 0.717) is 24.0 Å². The van der Waals surface area contributed by atoms with Crippen LogP contribution in [0.4, 0.5) is 0 Å². The maximum absolute atomic E-state index is 11.8. The van der Waals surface area contributed by atoms with Gasteiger partial charge in [0.1, 0.15) is 0 Å². The molecule has 2 fully saturated rings. The summed E-state index contributed by atoms with van der Waals surface area (Å²) in [6.45, 7) is 6.70. The number of carbonyl (C=O) groups excluding carboxylic acids is 1. The standard InChI is InChI=1S/C20H28O2/c1-18-9-6-14(21)12-13(18)4-5-15-16(18)7-10-19(2)17(15)8-11-20(19,3)22/h7,12,15,17,22H,4-6,8-11H2,1-3H3/t15-,17?,18+,19+,20+/m0/s1. The van der Waals surface area contributed by atoms with E-state index < -0.39 is 5.60 Å². The normalized spacial score (nSPS) is 50.6. The van der Waals surface area contributed by atoms with E-state index in [2.05, 4.69) is 19.9 Å². The Kier molecular flexibility index (Phi) is 2.90. The molecule has 0 saturated heterocycles. The second-order valence-corrected chi connectivity index (χ2v) is 8.81. The summed E-state index contributed by atoms with van der Waals surface area (Å²) in [6.07, 6.45) is 11.4. The first-order chi connectivity index (χ1) is 10.3. The predicted molar refractivity (Wildman–Crippen MR) is 87.3 cm³/mol. The monoisotopic (exact) mass is 300 g/mol. The van der Waals surface area contributed by atoms with Crippen molar-refractivity contribution >= 4 is 5.78 Å². The smallest absolute Gasteiger partial charge is 0.155 e. The van der Waals surface area contributed by atoms with E-state index in [1.807, 2.05) is 13.0 Å². The van der Waals surface area contributed by atoms with E-state index in [-0.39, 0.29) is 10.8 Å². The third-order valence-electron chi connectivity index (χ3n) is 7.90. The minimum Gasteiger partial charge on any atom is -0.390 e. The summed E-state index contributed by atoms with van der Waals surface area (Å²) in [6, 6.07) is 0. The number of hydrogen-bond acceptors (Lipinski definition) is 2. The summed E-state index contributed by atoms with van der Waals surface area (Å²) < 4.78 is 0. The predicted octanol–water partition coefficient (Wildman–Crippen LogP) is 4.19. The quantitative estimate of drug-likeness (QED) is 0.681. The third-order valence-corrected chi connectivity index (χ3v) is 7.90. The van der Waals surface area contributed by atoms with E-state index in [0.717, 1.165) is 38.5 Å². The van der Waals surface area contributed by atoms with Crippen LogP contribution in [0.1, 0.15) is 65.7 Å². The zero-order chi connectivity index (χ0) is 15.8. The fourth-order valence-corrected chi connectivity index (χ4v) is 6.09. The molecule has 4 aliphatic carbocycles. The first kappa shape index (κ1) is 14.7. The van der Waals surface area contributed by atoms with Gasteiger partial charge in [-0.05, 0) is 63.4 Å². The van der Waals surface area contributed by atoms with E-state index in [4.69, 9.17) is 0 Å². The second-order valence-electron chi connectivity index (χ2n) is 8.81. The summed E-state index contributed by atoms with van der Waals surface area (Å²) in [5.74, 6) is 1.54. The highest BCUT2D eigenvalue weighted by Gasteiger charge is 2.59. The average Bonchev–Trinajstić information content (AvgIpc) is 2.70. The highest BCUT2D eigenvalue weighted by molar-refractivity contribution is 5.92. The van der Waals surface area contributed by atoms with Crippen LogP contribution in [0.2, 0.25) is 0 Å². The van der Waals surface area contributed by atoms with Gasteiger partial charge in [-0.3, -0.25) is 4.79 Å². The molecule has 4 rings (SSSR count). The van der Waals surface area contributed by atoms with Gasteiger partial charge in [0.2, 0.25) is 0 Å². The fraction of sp³-hybridized carbons (Fsp3) is 0.750. The first-order valence-corrected chi connectivity index (χ1v) is 8.95. The van der Waals surface area contributed by atoms with Gasteiger partial charge in [0, 0.05) is 17.3 Å². The van der Waals surface area contributed by atoms with Gasteiger partial charge in [0.15, 0.2) is 5.78 Å². The number of allylic oxidation sites excluding steroid dienone is 4. The van der Waals surface area contributed by atoms with Crippen LogP contribution < -0.4 is 0 Å². The van der Waals surface area contributed by atoms with Crippen LogP contribution in [0, 0.1) is 22.7 Å². The van der Waals surface area contributed by atoms with Crippen molar-refractivity contribution in [3.63, 3.8) is 0 Å². The van der Waals surface area contributed by atoms with Gasteiger partial charge in [-0.2, -0.15) is 0 Å². The second kappa shape index (κ2) is 4.35. The van der Waals surface area contributed by atoms with Crippen LogP contribution >= 0.6 is 0 Å². The lowest BCUT2D eigenvalue weighted by Gasteiger charge is -2.54. The molecule has 0 aliphatic heterocycles. The van der Waals surface area contributed by atoms with Gasteiger partial charge < -0.3 is 5.11 Å². The van der Waals surface area contributed by atoms with Crippen LogP contribution in [-0.4, -0.2) is 16.5 Å². The average molecular weight is 300 g/mol. The van der Waals surface area contributed by atoms with E-state index in [9.17, 15) is 9.90 Å². The van der Waals surface area contributed by atoms with Crippen LogP contribution in [0.3, 0.4) is 0 Å². The van der Waals surface area contributed by atoms with Crippen molar-refractivity contribution in [3.8, 4) is 0 Å². The highest BCUT2D eigenvalue weighted by atomic mass is 16.3. The minimum atomic E-state index is -0.529. The number of hydrogen-bond donors (Lipinski definition) is 1. The van der Waals surface area contributed by atoms with Crippen molar-refractivity contribution in [2.75, 3.05) is 0 Å². The molecule has 4 aliphatic rings. The van der Waals surface area contributed by atoms with Crippen molar-refractivity contribution < 1.29 is 9.90 Å². The van der Waals surface area contributed by atoms with E-state index in [1.165, 1.54) is 5.57 Å². The zero-order valence-corrected chi connectivity index (χ0v) is 14.1. The maximum atomic E-state index is 11.8. The molecule has 0 radical (unpaired) electrons. The fourth-order valence-electron chi connectivity index (χ4n) is 6.09. The molecule has 0 spiro atoms. The van der Waals surface area contributed by atoms with Gasteiger partial charge in [-0.1, -0.05) is 31.1 Å². The van der Waals surface area contributed by atoms with Gasteiger partial charge in [-0.25, -0.2) is 0 Å². The largest absolute Gasteiger partial charge is 0.390 e. The first-order valence-electron chi connectivity index (χ1n) is 8.95. The van der Waals surface area contributed by atoms with Crippen LogP contribution in [-0.2, 0) is 4.79 Å². The van der Waals surface area contributed by atoms with E-state index in [1.54, 1.807) is 5.57 Å². The minimum absolute atomic E-state index is 0.0310. The Morgan fingerprint density at radius 1 is 1.14 bits per heavy atom. The Morgan fingerprint density at radius 2 is 1.91 bits per heavy atom. The molecule has 22 heavy (non-hydrogen) atoms. The Balaban J connectivity index is 1.77. The van der Waals surface area contributed by atoms with Crippen molar-refractivity contribution in [1.82, 2.24) is 0 Å². The van der Waals surface area contributed by atoms with Crippen molar-refractivity contribution in [1.29, 1.82) is 0 Å². The number of ketones is 1. The molecule has 2 nitrogen and oxygen atoms in total. The SMILES string of the molecule is C[C@@]12CCC(=O)C=C1CC[C@H]1C2=CC[C@]2(C)C1CC[C@@]2(C)O. The molecule has 0 amide bonds. The number of fused-ring (bicyclic) bond motifs is 5. The van der Waals surface area contributed by atoms with Crippen LogP contribution in [0.25, 0.3) is 0 Å². The molecule has 1 N–H and O–H groups in total. The Labute approximate surface area is 133 Å². The summed E-state index contributed by atoms with van der Waals surface area (Å²) in [5.41, 5.74) is 2.59. The Morgan fingerprint density at radius 3 is 2.68 bits per heavy atom. The van der Waals surface area contributed by atoms with E-state index >= 15 is 0 Å². The summed E-state index contributed by atoms with van der Waals surface area (Å²) in [7, 11) is 0. The molecule has 0 aromatic carbocycles. The molecular formula is C20H28O2. The molecule has 0 bridgehead atoms. The van der Waals surface area contributed by atoms with Crippen LogP contribution in [0.15, 0.2) is 23.3 Å². The van der Waals surface area contributed by atoms with Gasteiger partial charge >= 0.3 is 0 Å². The number of rotatable bonds is 0. The van der Waals surface area contributed by atoms with Crippen molar-refractivity contribution in [2.24, 2.45) is 22.7 Å². The summed E-state index contributed by atoms with van der Waals surface area (Å²) in [4.78, 5) is 11.8. The van der Waals surface area contributed by atoms with Gasteiger partial charge in [0.25, 0.3) is 0 Å². The lowest BCUT2D eigenvalue weighted by Crippen LogP contribution is -2.49. The van der Waals surface area contributed by atoms with Crippen molar-refractivity contribution in [2.45, 2.75) is 71.3 Å². The number of aliphatic hydroxyl groups is 1.